The highest BCUT2D eigenvalue weighted by molar-refractivity contribution is 7.13. The summed E-state index contributed by atoms with van der Waals surface area (Å²) in [7, 11) is 0. The number of carbonyl (C=O) groups is 2. The number of unbranched alkanes of at least 4 members (excludes halogenated alkanes) is 1. The number of ether oxygens (including phenoxy) is 1. The maximum absolute atomic E-state index is 12.4. The number of anilines is 1. The predicted molar refractivity (Wildman–Crippen MR) is 90.6 cm³/mol. The van der Waals surface area contributed by atoms with Gasteiger partial charge in [0, 0.05) is 25.0 Å². The summed E-state index contributed by atoms with van der Waals surface area (Å²) in [5.74, 6) is -0.185. The molecule has 2 rings (SSSR count). The van der Waals surface area contributed by atoms with Crippen molar-refractivity contribution in [1.29, 1.82) is 0 Å². The predicted octanol–water partition coefficient (Wildman–Crippen LogP) is 2.59. The highest BCUT2D eigenvalue weighted by Gasteiger charge is 2.24. The molecule has 2 heterocycles. The second-order valence-corrected chi connectivity index (χ2v) is 6.71. The topological polar surface area (TPSA) is 71.5 Å². The van der Waals surface area contributed by atoms with Crippen LogP contribution in [0.15, 0.2) is 5.38 Å². The number of thiazole rings is 1. The number of carbonyl (C=O) groups excluding carboxylic acids is 2. The summed E-state index contributed by atoms with van der Waals surface area (Å²) >= 11 is 1.39. The maximum atomic E-state index is 12.4. The summed E-state index contributed by atoms with van der Waals surface area (Å²) in [6.45, 7) is 5.22. The summed E-state index contributed by atoms with van der Waals surface area (Å²) in [5, 5.41) is 5.22. The Kier molecular flexibility index (Phi) is 6.98. The van der Waals surface area contributed by atoms with Crippen molar-refractivity contribution >= 4 is 28.3 Å². The Morgan fingerprint density at radius 1 is 1.52 bits per heavy atom. The lowest BCUT2D eigenvalue weighted by Gasteiger charge is -2.24. The van der Waals surface area contributed by atoms with Crippen molar-refractivity contribution in [1.82, 2.24) is 9.88 Å². The number of aryl methyl sites for hydroxylation is 1. The Morgan fingerprint density at radius 3 is 2.96 bits per heavy atom. The molecule has 1 saturated heterocycles. The van der Waals surface area contributed by atoms with E-state index in [4.69, 9.17) is 4.74 Å². The lowest BCUT2D eigenvalue weighted by molar-refractivity contribution is -0.136. The summed E-state index contributed by atoms with van der Waals surface area (Å²) in [6.07, 6.45) is 4.30. The molecule has 23 heavy (non-hydrogen) atoms. The molecule has 0 aromatic carbocycles. The quantitative estimate of drug-likeness (QED) is 0.790. The van der Waals surface area contributed by atoms with Crippen molar-refractivity contribution in [2.75, 3.05) is 25.0 Å². The molecular formula is C16H25N3O3S. The standard InChI is InChI=1S/C16H25N3O3S/c1-3-4-7-15(21)19(9-13-6-5-8-22-13)10-14(20)18-16-17-12(2)11-23-16/h11,13H,3-10H2,1-2H3,(H,17,18,20). The molecule has 1 N–H and O–H groups in total. The molecule has 2 amide bonds. The second-order valence-electron chi connectivity index (χ2n) is 5.86. The molecule has 1 aliphatic heterocycles. The van der Waals surface area contributed by atoms with Crippen LogP contribution in [0.25, 0.3) is 0 Å². The molecular weight excluding hydrogens is 314 g/mol. The van der Waals surface area contributed by atoms with Gasteiger partial charge in [-0.05, 0) is 26.2 Å². The largest absolute Gasteiger partial charge is 0.376 e. The highest BCUT2D eigenvalue weighted by atomic mass is 32.1. The van der Waals surface area contributed by atoms with Gasteiger partial charge in [0.1, 0.15) is 6.54 Å². The Hall–Kier alpha value is -1.47. The van der Waals surface area contributed by atoms with Crippen LogP contribution < -0.4 is 5.32 Å². The SMILES string of the molecule is CCCCC(=O)N(CC(=O)Nc1nc(C)cs1)CC1CCCO1. The summed E-state index contributed by atoms with van der Waals surface area (Å²) in [4.78, 5) is 30.4. The van der Waals surface area contributed by atoms with Crippen LogP contribution in [0.5, 0.6) is 0 Å². The van der Waals surface area contributed by atoms with Crippen molar-refractivity contribution in [3.8, 4) is 0 Å². The summed E-state index contributed by atoms with van der Waals surface area (Å²) in [6, 6.07) is 0. The Labute approximate surface area is 141 Å². The summed E-state index contributed by atoms with van der Waals surface area (Å²) in [5.41, 5.74) is 0.875. The zero-order valence-electron chi connectivity index (χ0n) is 13.8. The average molecular weight is 339 g/mol. The van der Waals surface area contributed by atoms with Gasteiger partial charge in [0.25, 0.3) is 0 Å². The molecule has 0 spiro atoms. The second kappa shape index (κ2) is 8.98. The van der Waals surface area contributed by atoms with Crippen LogP contribution in [0.3, 0.4) is 0 Å². The molecule has 1 aromatic rings. The van der Waals surface area contributed by atoms with Crippen molar-refractivity contribution in [3.05, 3.63) is 11.1 Å². The van der Waals surface area contributed by atoms with Gasteiger partial charge in [-0.25, -0.2) is 4.98 Å². The first-order valence-corrected chi connectivity index (χ1v) is 9.07. The minimum atomic E-state index is -0.206. The van der Waals surface area contributed by atoms with Crippen LogP contribution in [0.1, 0.15) is 44.7 Å². The van der Waals surface area contributed by atoms with Gasteiger partial charge in [-0.1, -0.05) is 13.3 Å². The van der Waals surface area contributed by atoms with Crippen LogP contribution >= 0.6 is 11.3 Å². The Balaban J connectivity index is 1.91. The third-order valence-electron chi connectivity index (χ3n) is 3.74. The van der Waals surface area contributed by atoms with Crippen molar-refractivity contribution in [3.63, 3.8) is 0 Å². The number of amides is 2. The van der Waals surface area contributed by atoms with E-state index in [1.54, 1.807) is 4.90 Å². The van der Waals surface area contributed by atoms with Crippen LogP contribution in [-0.2, 0) is 14.3 Å². The fourth-order valence-electron chi connectivity index (χ4n) is 2.52. The van der Waals surface area contributed by atoms with E-state index in [0.717, 1.165) is 38.0 Å². The van der Waals surface area contributed by atoms with Gasteiger partial charge in [0.15, 0.2) is 5.13 Å². The van der Waals surface area contributed by atoms with Gasteiger partial charge in [-0.2, -0.15) is 0 Å². The van der Waals surface area contributed by atoms with Gasteiger partial charge in [-0.3, -0.25) is 9.59 Å². The molecule has 6 nitrogen and oxygen atoms in total. The molecule has 1 unspecified atom stereocenters. The van der Waals surface area contributed by atoms with Crippen molar-refractivity contribution < 1.29 is 14.3 Å². The third-order valence-corrected chi connectivity index (χ3v) is 4.62. The molecule has 0 saturated carbocycles. The van der Waals surface area contributed by atoms with Gasteiger partial charge >= 0.3 is 0 Å². The number of nitrogens with zero attached hydrogens (tertiary/aromatic N) is 2. The van der Waals surface area contributed by atoms with Crippen LogP contribution in [0.2, 0.25) is 0 Å². The Morgan fingerprint density at radius 2 is 2.35 bits per heavy atom. The van der Waals surface area contributed by atoms with E-state index in [0.29, 0.717) is 18.1 Å². The first-order valence-electron chi connectivity index (χ1n) is 8.20. The number of rotatable bonds is 8. The van der Waals surface area contributed by atoms with E-state index < -0.39 is 0 Å². The molecule has 128 valence electrons. The minimum Gasteiger partial charge on any atom is -0.376 e. The molecule has 1 atom stereocenters. The summed E-state index contributed by atoms with van der Waals surface area (Å²) < 4.78 is 5.61. The highest BCUT2D eigenvalue weighted by Crippen LogP contribution is 2.16. The van der Waals surface area contributed by atoms with Crippen LogP contribution in [-0.4, -0.2) is 47.5 Å². The van der Waals surface area contributed by atoms with Gasteiger partial charge < -0.3 is 15.0 Å². The first kappa shape index (κ1) is 17.9. The van der Waals surface area contributed by atoms with Crippen LogP contribution in [0.4, 0.5) is 5.13 Å². The number of hydrogen-bond acceptors (Lipinski definition) is 5. The van der Waals surface area contributed by atoms with Gasteiger partial charge in [0.05, 0.1) is 11.8 Å². The van der Waals surface area contributed by atoms with Gasteiger partial charge in [0.2, 0.25) is 11.8 Å². The molecule has 1 fully saturated rings. The normalized spacial score (nSPS) is 17.2. The molecule has 1 aliphatic rings. The van der Waals surface area contributed by atoms with Gasteiger partial charge in [-0.15, -0.1) is 11.3 Å². The monoisotopic (exact) mass is 339 g/mol. The zero-order valence-corrected chi connectivity index (χ0v) is 14.7. The molecule has 0 radical (unpaired) electrons. The first-order chi connectivity index (χ1) is 11.1. The fourth-order valence-corrected chi connectivity index (χ4v) is 3.22. The number of aromatic nitrogens is 1. The molecule has 1 aromatic heterocycles. The third kappa shape index (κ3) is 5.91. The van der Waals surface area contributed by atoms with E-state index in [1.807, 2.05) is 12.3 Å². The zero-order chi connectivity index (χ0) is 16.7. The van der Waals surface area contributed by atoms with E-state index in [9.17, 15) is 9.59 Å². The number of hydrogen-bond donors (Lipinski definition) is 1. The lowest BCUT2D eigenvalue weighted by atomic mass is 10.2. The average Bonchev–Trinajstić information content (AvgIpc) is 3.16. The molecule has 0 aliphatic carbocycles. The van der Waals surface area contributed by atoms with E-state index >= 15 is 0 Å². The van der Waals surface area contributed by atoms with Crippen molar-refractivity contribution in [2.24, 2.45) is 0 Å². The molecule has 0 bridgehead atoms. The van der Waals surface area contributed by atoms with E-state index in [1.165, 1.54) is 11.3 Å². The maximum Gasteiger partial charge on any atom is 0.245 e. The minimum absolute atomic E-state index is 0.0211. The Bertz CT molecular complexity index is 526. The fraction of sp³-hybridized carbons (Fsp3) is 0.688. The lowest BCUT2D eigenvalue weighted by Crippen LogP contribution is -2.42. The van der Waals surface area contributed by atoms with Crippen LogP contribution in [0, 0.1) is 6.92 Å². The number of nitrogens with one attached hydrogen (secondary N) is 1. The molecule has 7 heteroatoms. The van der Waals surface area contributed by atoms with Crippen molar-refractivity contribution in [2.45, 2.75) is 52.1 Å². The van der Waals surface area contributed by atoms with E-state index in [2.05, 4.69) is 17.2 Å². The van der Waals surface area contributed by atoms with E-state index in [-0.39, 0.29) is 24.5 Å². The smallest absolute Gasteiger partial charge is 0.245 e.